The quantitative estimate of drug-likeness (QED) is 0.712. The summed E-state index contributed by atoms with van der Waals surface area (Å²) < 4.78 is 0. The van der Waals surface area contributed by atoms with Crippen LogP contribution in [0.3, 0.4) is 0 Å². The van der Waals surface area contributed by atoms with Gasteiger partial charge in [0, 0.05) is 19.8 Å². The van der Waals surface area contributed by atoms with Crippen LogP contribution in [0.25, 0.3) is 6.08 Å². The topological polar surface area (TPSA) is 23.5 Å². The van der Waals surface area contributed by atoms with Crippen LogP contribution in [0, 0.1) is 0 Å². The van der Waals surface area contributed by atoms with Gasteiger partial charge in [-0.05, 0) is 24.1 Å². The minimum atomic E-state index is -0.314. The van der Waals surface area contributed by atoms with E-state index in [4.69, 9.17) is 0 Å². The molecule has 0 saturated carbocycles. The van der Waals surface area contributed by atoms with Crippen molar-refractivity contribution in [3.05, 3.63) is 35.9 Å². The molecule has 0 aliphatic rings. The number of anilines is 1. The lowest BCUT2D eigenvalue weighted by Gasteiger charge is -2.12. The summed E-state index contributed by atoms with van der Waals surface area (Å²) >= 11 is 0. The molecule has 0 saturated heterocycles. The molecule has 0 amide bonds. The van der Waals surface area contributed by atoms with Crippen LogP contribution >= 0.6 is 0 Å². The Bertz CT molecular complexity index is 367. The van der Waals surface area contributed by atoms with Crippen molar-refractivity contribution in [1.82, 2.24) is 0 Å². The van der Waals surface area contributed by atoms with Gasteiger partial charge in [0.25, 0.3) is 0 Å². The lowest BCUT2D eigenvalue weighted by molar-refractivity contribution is 0.209. The van der Waals surface area contributed by atoms with Gasteiger partial charge in [-0.2, -0.15) is 0 Å². The summed E-state index contributed by atoms with van der Waals surface area (Å²) in [5.74, 6) is 0. The maximum absolute atomic E-state index is 9.86. The second kappa shape index (κ2) is 8.76. The average Bonchev–Trinajstić information content (AvgIpc) is 2.42. The zero-order chi connectivity index (χ0) is 14.1. The highest BCUT2D eigenvalue weighted by Gasteiger charge is 1.99. The smallest absolute Gasteiger partial charge is 0.0724 e. The number of hydrogen-bond donors (Lipinski definition) is 1. The molecule has 1 aromatic carbocycles. The minimum Gasteiger partial charge on any atom is -0.389 e. The molecule has 2 nitrogen and oxygen atoms in total. The lowest BCUT2D eigenvalue weighted by Crippen LogP contribution is -2.07. The molecule has 1 unspecified atom stereocenters. The molecule has 1 aromatic rings. The van der Waals surface area contributed by atoms with Crippen molar-refractivity contribution >= 4 is 11.8 Å². The molecule has 0 aliphatic heterocycles. The lowest BCUT2D eigenvalue weighted by atomic mass is 10.1. The number of nitrogens with zero attached hydrogens (tertiary/aromatic N) is 1. The van der Waals surface area contributed by atoms with Gasteiger partial charge in [-0.1, -0.05) is 56.9 Å². The van der Waals surface area contributed by atoms with Crippen LogP contribution < -0.4 is 4.90 Å². The summed E-state index contributed by atoms with van der Waals surface area (Å²) in [5, 5.41) is 9.86. The molecular weight excluding hydrogens is 234 g/mol. The Hall–Kier alpha value is -1.28. The van der Waals surface area contributed by atoms with Crippen LogP contribution in [-0.4, -0.2) is 25.3 Å². The molecule has 19 heavy (non-hydrogen) atoms. The van der Waals surface area contributed by atoms with Gasteiger partial charge in [0.05, 0.1) is 6.10 Å². The average molecular weight is 261 g/mol. The van der Waals surface area contributed by atoms with Crippen molar-refractivity contribution in [3.8, 4) is 0 Å². The molecule has 0 aliphatic carbocycles. The SMILES string of the molecule is CCCCCCC(O)C=Cc1ccc(N(C)C)cc1. The Kier molecular flexibility index (Phi) is 7.27. The van der Waals surface area contributed by atoms with E-state index in [1.165, 1.54) is 24.9 Å². The summed E-state index contributed by atoms with van der Waals surface area (Å²) in [4.78, 5) is 2.08. The van der Waals surface area contributed by atoms with E-state index in [1.807, 2.05) is 26.2 Å². The van der Waals surface area contributed by atoms with Gasteiger partial charge in [0.15, 0.2) is 0 Å². The van der Waals surface area contributed by atoms with Crippen molar-refractivity contribution in [3.63, 3.8) is 0 Å². The predicted octanol–water partition coefficient (Wildman–Crippen LogP) is 4.10. The summed E-state index contributed by atoms with van der Waals surface area (Å²) in [5.41, 5.74) is 2.33. The maximum atomic E-state index is 9.86. The van der Waals surface area contributed by atoms with E-state index in [9.17, 15) is 5.11 Å². The zero-order valence-electron chi connectivity index (χ0n) is 12.5. The number of hydrogen-bond acceptors (Lipinski definition) is 2. The van der Waals surface area contributed by atoms with Gasteiger partial charge in [0.1, 0.15) is 0 Å². The first-order valence-electron chi connectivity index (χ1n) is 7.27. The fourth-order valence-electron chi connectivity index (χ4n) is 1.98. The van der Waals surface area contributed by atoms with E-state index in [1.54, 1.807) is 0 Å². The number of unbranched alkanes of at least 4 members (excludes halogenated alkanes) is 3. The fourth-order valence-corrected chi connectivity index (χ4v) is 1.98. The van der Waals surface area contributed by atoms with E-state index in [0.717, 1.165) is 18.4 Å². The first-order valence-corrected chi connectivity index (χ1v) is 7.27. The largest absolute Gasteiger partial charge is 0.389 e. The summed E-state index contributed by atoms with van der Waals surface area (Å²) in [6, 6.07) is 8.34. The molecule has 106 valence electrons. The summed E-state index contributed by atoms with van der Waals surface area (Å²) in [6.07, 6.45) is 9.29. The Morgan fingerprint density at radius 2 is 1.79 bits per heavy atom. The molecule has 0 aromatic heterocycles. The molecule has 1 atom stereocenters. The molecule has 0 spiro atoms. The van der Waals surface area contributed by atoms with E-state index in [2.05, 4.69) is 36.1 Å². The first kappa shape index (κ1) is 15.8. The van der Waals surface area contributed by atoms with Crippen molar-refractivity contribution in [1.29, 1.82) is 0 Å². The van der Waals surface area contributed by atoms with Crippen molar-refractivity contribution in [2.24, 2.45) is 0 Å². The second-order valence-electron chi connectivity index (χ2n) is 5.26. The van der Waals surface area contributed by atoms with E-state index >= 15 is 0 Å². The Balaban J connectivity index is 2.38. The van der Waals surface area contributed by atoms with Crippen LogP contribution in [0.4, 0.5) is 5.69 Å². The van der Waals surface area contributed by atoms with Crippen LogP contribution in [0.2, 0.25) is 0 Å². The second-order valence-corrected chi connectivity index (χ2v) is 5.26. The van der Waals surface area contributed by atoms with Crippen LogP contribution in [0.5, 0.6) is 0 Å². The fraction of sp³-hybridized carbons (Fsp3) is 0.529. The van der Waals surface area contributed by atoms with Crippen molar-refractivity contribution in [2.75, 3.05) is 19.0 Å². The zero-order valence-corrected chi connectivity index (χ0v) is 12.5. The van der Waals surface area contributed by atoms with Gasteiger partial charge in [-0.25, -0.2) is 0 Å². The van der Waals surface area contributed by atoms with Crippen LogP contribution in [0.1, 0.15) is 44.6 Å². The summed E-state index contributed by atoms with van der Waals surface area (Å²) in [7, 11) is 4.07. The first-order chi connectivity index (χ1) is 9.13. The normalized spacial score (nSPS) is 12.8. The predicted molar refractivity (Wildman–Crippen MR) is 84.6 cm³/mol. The van der Waals surface area contributed by atoms with Crippen molar-refractivity contribution < 1.29 is 5.11 Å². The number of aliphatic hydroxyl groups excluding tert-OH is 1. The highest BCUT2D eigenvalue weighted by Crippen LogP contribution is 2.14. The highest BCUT2D eigenvalue weighted by molar-refractivity contribution is 5.55. The molecule has 0 radical (unpaired) electrons. The van der Waals surface area contributed by atoms with Gasteiger partial charge in [-0.15, -0.1) is 0 Å². The Morgan fingerprint density at radius 1 is 1.11 bits per heavy atom. The molecule has 0 heterocycles. The van der Waals surface area contributed by atoms with Crippen molar-refractivity contribution in [2.45, 2.75) is 45.1 Å². The molecular formula is C17H27NO. The molecule has 0 fully saturated rings. The third kappa shape index (κ3) is 6.44. The molecule has 0 bridgehead atoms. The standard InChI is InChI=1S/C17H27NO/c1-4-5-6-7-8-17(19)14-11-15-9-12-16(13-10-15)18(2)3/h9-14,17,19H,4-8H2,1-3H3. The number of rotatable bonds is 8. The maximum Gasteiger partial charge on any atom is 0.0724 e. The number of aliphatic hydroxyl groups is 1. The van der Waals surface area contributed by atoms with Gasteiger partial charge >= 0.3 is 0 Å². The van der Waals surface area contributed by atoms with Gasteiger partial charge in [-0.3, -0.25) is 0 Å². The number of benzene rings is 1. The molecule has 2 heteroatoms. The van der Waals surface area contributed by atoms with E-state index < -0.39 is 0 Å². The van der Waals surface area contributed by atoms with Gasteiger partial charge in [0.2, 0.25) is 0 Å². The minimum absolute atomic E-state index is 0.314. The summed E-state index contributed by atoms with van der Waals surface area (Å²) in [6.45, 7) is 2.20. The highest BCUT2D eigenvalue weighted by atomic mass is 16.3. The molecule has 1 N–H and O–H groups in total. The Labute approximate surface area is 117 Å². The van der Waals surface area contributed by atoms with Crippen LogP contribution in [0.15, 0.2) is 30.3 Å². The van der Waals surface area contributed by atoms with Crippen LogP contribution in [-0.2, 0) is 0 Å². The van der Waals surface area contributed by atoms with Gasteiger partial charge < -0.3 is 10.0 Å². The van der Waals surface area contributed by atoms with E-state index in [0.29, 0.717) is 0 Å². The Morgan fingerprint density at radius 3 is 2.37 bits per heavy atom. The third-order valence-electron chi connectivity index (χ3n) is 3.27. The van der Waals surface area contributed by atoms with E-state index in [-0.39, 0.29) is 6.10 Å². The third-order valence-corrected chi connectivity index (χ3v) is 3.27. The monoisotopic (exact) mass is 261 g/mol. The molecule has 1 rings (SSSR count).